The summed E-state index contributed by atoms with van der Waals surface area (Å²) in [6.07, 6.45) is 0.345. The van der Waals surface area contributed by atoms with Gasteiger partial charge in [-0.3, -0.25) is 4.79 Å². The van der Waals surface area contributed by atoms with Gasteiger partial charge in [-0.1, -0.05) is 36.5 Å². The van der Waals surface area contributed by atoms with Crippen LogP contribution >= 0.6 is 11.3 Å². The number of amides is 1. The molecular weight excluding hydrogens is 343 g/mol. The number of aromatic nitrogens is 1. The van der Waals surface area contributed by atoms with Gasteiger partial charge in [0.15, 0.2) is 4.80 Å². The van der Waals surface area contributed by atoms with E-state index < -0.39 is 23.7 Å². The van der Waals surface area contributed by atoms with Crippen LogP contribution in [0.4, 0.5) is 4.39 Å². The molecule has 3 aromatic rings. The Balaban J connectivity index is 2.21. The van der Waals surface area contributed by atoms with Crippen molar-refractivity contribution in [3.63, 3.8) is 0 Å². The van der Waals surface area contributed by atoms with Gasteiger partial charge in [0.2, 0.25) is 0 Å². The number of carboxylic acid groups (broad SMARTS) is 1. The minimum atomic E-state index is -0.995. The van der Waals surface area contributed by atoms with E-state index in [0.29, 0.717) is 11.9 Å². The molecule has 0 aliphatic heterocycles. The van der Waals surface area contributed by atoms with E-state index in [1.807, 2.05) is 12.1 Å². The highest BCUT2D eigenvalue weighted by atomic mass is 32.1. The molecule has 25 heavy (non-hydrogen) atoms. The highest BCUT2D eigenvalue weighted by Gasteiger charge is 2.22. The number of carboxylic acids is 1. The van der Waals surface area contributed by atoms with E-state index in [-0.39, 0.29) is 10.4 Å². The second-order valence-electron chi connectivity index (χ2n) is 5.41. The normalized spacial score (nSPS) is 13.1. The number of benzene rings is 2. The Bertz CT molecular complexity index is 1020. The molecule has 0 saturated carbocycles. The maximum absolute atomic E-state index is 13.3. The molecule has 0 saturated heterocycles. The summed E-state index contributed by atoms with van der Waals surface area (Å²) < 4.78 is 15.7. The van der Waals surface area contributed by atoms with E-state index in [1.165, 1.54) is 29.5 Å². The number of fused-ring (bicyclic) bond motifs is 1. The van der Waals surface area contributed by atoms with Crippen molar-refractivity contribution in [2.24, 2.45) is 4.99 Å². The Morgan fingerprint density at radius 1 is 1.24 bits per heavy atom. The van der Waals surface area contributed by atoms with Crippen LogP contribution in [0.5, 0.6) is 0 Å². The average Bonchev–Trinajstić information content (AvgIpc) is 2.93. The monoisotopic (exact) mass is 358 g/mol. The van der Waals surface area contributed by atoms with E-state index in [0.717, 1.165) is 10.8 Å². The van der Waals surface area contributed by atoms with Crippen LogP contribution in [0.3, 0.4) is 0 Å². The molecule has 1 unspecified atom stereocenters. The number of aliphatic carboxylic acids is 1. The summed E-state index contributed by atoms with van der Waals surface area (Å²) in [6, 6.07) is 11.7. The molecule has 0 bridgehead atoms. The van der Waals surface area contributed by atoms with Crippen LogP contribution in [-0.2, 0) is 4.79 Å². The van der Waals surface area contributed by atoms with Crippen LogP contribution in [0.2, 0.25) is 0 Å². The van der Waals surface area contributed by atoms with Gasteiger partial charge >= 0.3 is 5.97 Å². The summed E-state index contributed by atoms with van der Waals surface area (Å²) >= 11 is 1.23. The summed E-state index contributed by atoms with van der Waals surface area (Å²) in [5.41, 5.74) is 0.819. The topological polar surface area (TPSA) is 71.7 Å². The Kier molecular flexibility index (Phi) is 4.76. The Labute approximate surface area is 146 Å². The smallest absolute Gasteiger partial charge is 0.326 e. The van der Waals surface area contributed by atoms with Crippen molar-refractivity contribution >= 4 is 33.4 Å². The predicted molar refractivity (Wildman–Crippen MR) is 93.1 cm³/mol. The molecule has 0 aliphatic rings. The van der Waals surface area contributed by atoms with Crippen molar-refractivity contribution in [1.29, 1.82) is 0 Å². The van der Waals surface area contributed by atoms with Gasteiger partial charge in [0, 0.05) is 5.56 Å². The van der Waals surface area contributed by atoms with Crippen LogP contribution in [-0.4, -0.2) is 21.6 Å². The first-order chi connectivity index (χ1) is 12.0. The number of hydrogen-bond acceptors (Lipinski definition) is 3. The van der Waals surface area contributed by atoms with Gasteiger partial charge in [-0.25, -0.2) is 9.18 Å². The zero-order valence-corrected chi connectivity index (χ0v) is 14.2. The lowest BCUT2D eigenvalue weighted by Gasteiger charge is -2.13. The van der Waals surface area contributed by atoms with Crippen molar-refractivity contribution in [3.05, 3.63) is 64.7 Å². The number of para-hydroxylation sites is 1. The molecule has 1 heterocycles. The Morgan fingerprint density at radius 2 is 2.00 bits per heavy atom. The number of hydrogen-bond donors (Lipinski definition) is 1. The van der Waals surface area contributed by atoms with E-state index in [4.69, 9.17) is 0 Å². The van der Waals surface area contributed by atoms with Crippen molar-refractivity contribution in [1.82, 2.24) is 4.57 Å². The molecule has 7 heteroatoms. The number of carbonyl (C=O) groups is 2. The first kappa shape index (κ1) is 17.0. The number of carbonyl (C=O) groups excluding carboxylic acids is 1. The fraction of sp³-hybridized carbons (Fsp3) is 0.167. The fourth-order valence-corrected chi connectivity index (χ4v) is 3.68. The molecule has 2 aromatic carbocycles. The number of nitrogens with zero attached hydrogens (tertiary/aromatic N) is 2. The molecule has 0 radical (unpaired) electrons. The first-order valence-corrected chi connectivity index (χ1v) is 8.50. The van der Waals surface area contributed by atoms with Gasteiger partial charge in [-0.15, -0.1) is 0 Å². The molecule has 1 N–H and O–H groups in total. The van der Waals surface area contributed by atoms with Crippen LogP contribution in [0.1, 0.15) is 29.7 Å². The van der Waals surface area contributed by atoms with Crippen LogP contribution in [0.25, 0.3) is 10.2 Å². The average molecular weight is 358 g/mol. The standard InChI is InChI=1S/C18H15FN2O3S/c1-2-13(17(23)24)21-14-8-3-4-9-15(14)25-18(21)20-16(22)11-6-5-7-12(19)10-11/h3-10,13H,2H2,1H3,(H,23,24)/b20-18-. The molecule has 1 aromatic heterocycles. The summed E-state index contributed by atoms with van der Waals surface area (Å²) in [7, 11) is 0. The molecule has 1 atom stereocenters. The lowest BCUT2D eigenvalue weighted by molar-refractivity contribution is -0.140. The van der Waals surface area contributed by atoms with Crippen molar-refractivity contribution in [3.8, 4) is 0 Å². The second kappa shape index (κ2) is 6.98. The first-order valence-electron chi connectivity index (χ1n) is 7.68. The fourth-order valence-electron chi connectivity index (χ4n) is 2.61. The maximum atomic E-state index is 13.3. The van der Waals surface area contributed by atoms with Gasteiger partial charge in [0.05, 0.1) is 10.2 Å². The highest BCUT2D eigenvalue weighted by Crippen LogP contribution is 2.22. The molecule has 0 spiro atoms. The summed E-state index contributed by atoms with van der Waals surface area (Å²) in [5.74, 6) is -2.13. The summed E-state index contributed by atoms with van der Waals surface area (Å²) in [6.45, 7) is 1.76. The largest absolute Gasteiger partial charge is 0.480 e. The quantitative estimate of drug-likeness (QED) is 0.774. The molecule has 1 amide bonds. The zero-order chi connectivity index (χ0) is 18.0. The SMILES string of the molecule is CCC(C(=O)O)n1/c(=N/C(=O)c2cccc(F)c2)sc2ccccc21. The summed E-state index contributed by atoms with van der Waals surface area (Å²) in [4.78, 5) is 28.4. The molecule has 0 aliphatic carbocycles. The van der Waals surface area contributed by atoms with Gasteiger partial charge in [0.25, 0.3) is 5.91 Å². The maximum Gasteiger partial charge on any atom is 0.326 e. The van der Waals surface area contributed by atoms with E-state index >= 15 is 0 Å². The second-order valence-corrected chi connectivity index (χ2v) is 6.42. The zero-order valence-electron chi connectivity index (χ0n) is 13.3. The van der Waals surface area contributed by atoms with Crippen LogP contribution < -0.4 is 4.80 Å². The minimum absolute atomic E-state index is 0.118. The minimum Gasteiger partial charge on any atom is -0.480 e. The third-order valence-electron chi connectivity index (χ3n) is 3.78. The number of thiazole rings is 1. The van der Waals surface area contributed by atoms with Gasteiger partial charge in [-0.2, -0.15) is 4.99 Å². The van der Waals surface area contributed by atoms with Crippen molar-refractivity contribution < 1.29 is 19.1 Å². The molecule has 5 nitrogen and oxygen atoms in total. The Morgan fingerprint density at radius 3 is 2.68 bits per heavy atom. The van der Waals surface area contributed by atoms with Crippen molar-refractivity contribution in [2.75, 3.05) is 0 Å². The highest BCUT2D eigenvalue weighted by molar-refractivity contribution is 7.16. The molecule has 3 rings (SSSR count). The lowest BCUT2D eigenvalue weighted by Crippen LogP contribution is -2.27. The van der Waals surface area contributed by atoms with E-state index in [1.54, 1.807) is 23.6 Å². The van der Waals surface area contributed by atoms with Gasteiger partial charge in [-0.05, 0) is 36.8 Å². The predicted octanol–water partition coefficient (Wildman–Crippen LogP) is 3.62. The lowest BCUT2D eigenvalue weighted by atomic mass is 10.2. The van der Waals surface area contributed by atoms with Crippen molar-refractivity contribution in [2.45, 2.75) is 19.4 Å². The molecule has 0 fully saturated rings. The summed E-state index contributed by atoms with van der Waals surface area (Å²) in [5, 5.41) is 9.52. The molecule has 128 valence electrons. The van der Waals surface area contributed by atoms with Crippen LogP contribution in [0.15, 0.2) is 53.5 Å². The molecular formula is C18H15FN2O3S. The van der Waals surface area contributed by atoms with E-state index in [9.17, 15) is 19.1 Å². The van der Waals surface area contributed by atoms with Gasteiger partial charge < -0.3 is 9.67 Å². The van der Waals surface area contributed by atoms with Crippen LogP contribution in [0, 0.1) is 5.82 Å². The third kappa shape index (κ3) is 3.36. The third-order valence-corrected chi connectivity index (χ3v) is 4.82. The Hall–Kier alpha value is -2.80. The van der Waals surface area contributed by atoms with Gasteiger partial charge in [0.1, 0.15) is 11.9 Å². The van der Waals surface area contributed by atoms with E-state index in [2.05, 4.69) is 4.99 Å². The number of rotatable bonds is 4. The number of halogens is 1.